The van der Waals surface area contributed by atoms with Crippen LogP contribution in [0.5, 0.6) is 0 Å². The number of amides is 1. The molecule has 5 heteroatoms. The summed E-state index contributed by atoms with van der Waals surface area (Å²) in [6.45, 7) is 6.49. The van der Waals surface area contributed by atoms with Crippen LogP contribution in [0.15, 0.2) is 30.3 Å². The number of carbonyl (C=O) groups excluding carboxylic acids is 1. The van der Waals surface area contributed by atoms with Crippen LogP contribution in [0.1, 0.15) is 31.7 Å². The van der Waals surface area contributed by atoms with E-state index in [1.165, 1.54) is 0 Å². The predicted octanol–water partition coefficient (Wildman–Crippen LogP) is 2.31. The van der Waals surface area contributed by atoms with E-state index in [1.54, 1.807) is 0 Å². The molecule has 0 N–H and O–H groups in total. The van der Waals surface area contributed by atoms with Crippen molar-refractivity contribution >= 4 is 5.91 Å². The van der Waals surface area contributed by atoms with Crippen LogP contribution in [0.4, 0.5) is 0 Å². The number of rotatable bonds is 4. The Balaban J connectivity index is 1.55. The molecule has 0 saturated carbocycles. The number of hydrogen-bond donors (Lipinski definition) is 0. The molecule has 2 aliphatic heterocycles. The summed E-state index contributed by atoms with van der Waals surface area (Å²) in [7, 11) is 2.19. The van der Waals surface area contributed by atoms with Crippen LogP contribution in [-0.2, 0) is 20.9 Å². The molecular weight excluding hydrogens is 316 g/mol. The molecule has 3 rings (SSSR count). The molecule has 1 amide bonds. The summed E-state index contributed by atoms with van der Waals surface area (Å²) in [6, 6.07) is 10.0. The third-order valence-electron chi connectivity index (χ3n) is 5.79. The lowest BCUT2D eigenvalue weighted by molar-refractivity contribution is -0.143. The molecule has 1 unspecified atom stereocenters. The van der Waals surface area contributed by atoms with Crippen LogP contribution in [0.2, 0.25) is 0 Å². The van der Waals surface area contributed by atoms with Gasteiger partial charge in [0.05, 0.1) is 6.61 Å². The molecule has 2 aliphatic rings. The van der Waals surface area contributed by atoms with Crippen molar-refractivity contribution in [2.75, 3.05) is 39.9 Å². The van der Waals surface area contributed by atoms with Gasteiger partial charge in [-0.2, -0.15) is 0 Å². The Kier molecular flexibility index (Phi) is 6.10. The zero-order chi connectivity index (χ0) is 17.7. The second-order valence-corrected chi connectivity index (χ2v) is 7.27. The lowest BCUT2D eigenvalue weighted by atomic mass is 9.85. The van der Waals surface area contributed by atoms with Crippen molar-refractivity contribution in [1.82, 2.24) is 9.80 Å². The summed E-state index contributed by atoms with van der Waals surface area (Å²) >= 11 is 0. The number of hydrogen-bond acceptors (Lipinski definition) is 4. The molecule has 5 nitrogen and oxygen atoms in total. The van der Waals surface area contributed by atoms with Gasteiger partial charge in [-0.3, -0.25) is 9.69 Å². The molecule has 0 aromatic heterocycles. The van der Waals surface area contributed by atoms with E-state index in [2.05, 4.69) is 11.9 Å². The minimum Gasteiger partial charge on any atom is -0.381 e. The number of benzene rings is 1. The molecule has 1 atom stereocenters. The van der Waals surface area contributed by atoms with Crippen LogP contribution in [0, 0.1) is 0 Å². The summed E-state index contributed by atoms with van der Waals surface area (Å²) in [5, 5.41) is 0. The second-order valence-electron chi connectivity index (χ2n) is 7.27. The molecule has 1 aromatic rings. The van der Waals surface area contributed by atoms with Gasteiger partial charge in [0.15, 0.2) is 0 Å². The third kappa shape index (κ3) is 4.40. The van der Waals surface area contributed by atoms with E-state index < -0.39 is 6.10 Å². The van der Waals surface area contributed by atoms with Gasteiger partial charge in [0.25, 0.3) is 5.91 Å². The lowest BCUT2D eigenvalue weighted by Crippen LogP contribution is -2.50. The summed E-state index contributed by atoms with van der Waals surface area (Å²) in [5.41, 5.74) is 1.29. The maximum atomic E-state index is 12.8. The SMILES string of the molecule is CC(OCc1ccccc1)C(=O)N1CCN(C)C2(CCOCC2)CC1. The minimum atomic E-state index is -0.408. The molecule has 0 bridgehead atoms. The number of ether oxygens (including phenoxy) is 2. The van der Waals surface area contributed by atoms with Gasteiger partial charge in [-0.05, 0) is 38.8 Å². The first-order valence-corrected chi connectivity index (χ1v) is 9.34. The van der Waals surface area contributed by atoms with E-state index in [1.807, 2.05) is 42.2 Å². The quantitative estimate of drug-likeness (QED) is 0.839. The summed E-state index contributed by atoms with van der Waals surface area (Å²) in [4.78, 5) is 17.2. The standard InChI is InChI=1S/C20H30N2O3/c1-17(25-16-18-6-4-3-5-7-18)19(23)22-11-8-20(21(2)12-13-22)9-14-24-15-10-20/h3-7,17H,8-16H2,1-2H3. The summed E-state index contributed by atoms with van der Waals surface area (Å²) in [5.74, 6) is 0.105. The summed E-state index contributed by atoms with van der Waals surface area (Å²) in [6.07, 6.45) is 2.73. The largest absolute Gasteiger partial charge is 0.381 e. The Morgan fingerprint density at radius 2 is 1.88 bits per heavy atom. The van der Waals surface area contributed by atoms with Gasteiger partial charge in [0.1, 0.15) is 6.10 Å². The predicted molar refractivity (Wildman–Crippen MR) is 97.3 cm³/mol. The fourth-order valence-electron chi connectivity index (χ4n) is 3.88. The topological polar surface area (TPSA) is 42.0 Å². The molecule has 2 saturated heterocycles. The van der Waals surface area contributed by atoms with E-state index in [0.29, 0.717) is 6.61 Å². The monoisotopic (exact) mass is 346 g/mol. The van der Waals surface area contributed by atoms with Crippen LogP contribution in [-0.4, -0.2) is 67.2 Å². The normalized spacial score (nSPS) is 22.6. The number of carbonyl (C=O) groups is 1. The van der Waals surface area contributed by atoms with Crippen molar-refractivity contribution in [3.8, 4) is 0 Å². The minimum absolute atomic E-state index is 0.105. The van der Waals surface area contributed by atoms with Gasteiger partial charge >= 0.3 is 0 Å². The van der Waals surface area contributed by atoms with Crippen LogP contribution in [0.25, 0.3) is 0 Å². The Labute approximate surface area is 150 Å². The Bertz CT molecular complexity index is 557. The first-order valence-electron chi connectivity index (χ1n) is 9.34. The Morgan fingerprint density at radius 3 is 2.60 bits per heavy atom. The van der Waals surface area contributed by atoms with Crippen LogP contribution in [0.3, 0.4) is 0 Å². The zero-order valence-electron chi connectivity index (χ0n) is 15.4. The van der Waals surface area contributed by atoms with Gasteiger partial charge in [0, 0.05) is 38.4 Å². The van der Waals surface area contributed by atoms with Gasteiger partial charge < -0.3 is 14.4 Å². The molecule has 1 spiro atoms. The highest BCUT2D eigenvalue weighted by Crippen LogP contribution is 2.32. The Hall–Kier alpha value is -1.43. The van der Waals surface area contributed by atoms with Gasteiger partial charge in [0.2, 0.25) is 0 Å². The zero-order valence-corrected chi connectivity index (χ0v) is 15.4. The van der Waals surface area contributed by atoms with Gasteiger partial charge in [-0.15, -0.1) is 0 Å². The molecular formula is C20H30N2O3. The van der Waals surface area contributed by atoms with E-state index in [4.69, 9.17) is 9.47 Å². The highest BCUT2D eigenvalue weighted by atomic mass is 16.5. The fraction of sp³-hybridized carbons (Fsp3) is 0.650. The Morgan fingerprint density at radius 1 is 1.16 bits per heavy atom. The van der Waals surface area contributed by atoms with Crippen LogP contribution >= 0.6 is 0 Å². The molecule has 25 heavy (non-hydrogen) atoms. The number of likely N-dealkylation sites (N-methyl/N-ethyl adjacent to an activating group) is 1. The van der Waals surface area contributed by atoms with E-state index in [-0.39, 0.29) is 11.4 Å². The van der Waals surface area contributed by atoms with E-state index in [9.17, 15) is 4.79 Å². The van der Waals surface area contributed by atoms with Crippen molar-refractivity contribution < 1.29 is 14.3 Å². The van der Waals surface area contributed by atoms with Gasteiger partial charge in [-0.25, -0.2) is 0 Å². The molecule has 138 valence electrons. The summed E-state index contributed by atoms with van der Waals surface area (Å²) < 4.78 is 11.4. The number of nitrogens with zero attached hydrogens (tertiary/aromatic N) is 2. The fourth-order valence-corrected chi connectivity index (χ4v) is 3.88. The smallest absolute Gasteiger partial charge is 0.251 e. The van der Waals surface area contributed by atoms with Crippen molar-refractivity contribution in [3.05, 3.63) is 35.9 Å². The maximum Gasteiger partial charge on any atom is 0.251 e. The average molecular weight is 346 g/mol. The highest BCUT2D eigenvalue weighted by Gasteiger charge is 2.39. The van der Waals surface area contributed by atoms with Crippen molar-refractivity contribution in [3.63, 3.8) is 0 Å². The van der Waals surface area contributed by atoms with Crippen molar-refractivity contribution in [1.29, 1.82) is 0 Å². The maximum absolute atomic E-state index is 12.8. The van der Waals surface area contributed by atoms with Crippen molar-refractivity contribution in [2.24, 2.45) is 0 Å². The first-order chi connectivity index (χ1) is 12.1. The molecule has 0 aliphatic carbocycles. The van der Waals surface area contributed by atoms with Gasteiger partial charge in [-0.1, -0.05) is 30.3 Å². The average Bonchev–Trinajstić information content (AvgIpc) is 2.81. The molecule has 2 fully saturated rings. The van der Waals surface area contributed by atoms with Crippen molar-refractivity contribution in [2.45, 2.75) is 44.4 Å². The first kappa shape index (κ1) is 18.4. The van der Waals surface area contributed by atoms with E-state index in [0.717, 1.165) is 57.7 Å². The van der Waals surface area contributed by atoms with Crippen LogP contribution < -0.4 is 0 Å². The third-order valence-corrected chi connectivity index (χ3v) is 5.79. The molecule has 1 aromatic carbocycles. The molecule has 2 heterocycles. The second kappa shape index (κ2) is 8.30. The molecule has 0 radical (unpaired) electrons. The van der Waals surface area contributed by atoms with E-state index >= 15 is 0 Å². The highest BCUT2D eigenvalue weighted by molar-refractivity contribution is 5.80. The lowest BCUT2D eigenvalue weighted by Gasteiger charge is -2.43.